The Balaban J connectivity index is 0.00000200. The fourth-order valence-corrected chi connectivity index (χ4v) is 2.75. The zero-order valence-corrected chi connectivity index (χ0v) is 13.5. The van der Waals surface area contributed by atoms with Gasteiger partial charge >= 0.3 is 0 Å². The van der Waals surface area contributed by atoms with Crippen LogP contribution in [0, 0.1) is 25.2 Å². The molecular weight excluding hydrogens is 268 g/mol. The molecule has 2 nitrogen and oxygen atoms in total. The molecule has 0 bridgehead atoms. The van der Waals surface area contributed by atoms with Crippen LogP contribution in [0.5, 0.6) is 0 Å². The highest BCUT2D eigenvalue weighted by Gasteiger charge is 2.17. The molecule has 0 aliphatic carbocycles. The van der Waals surface area contributed by atoms with Crippen LogP contribution in [0.1, 0.15) is 36.5 Å². The zero-order chi connectivity index (χ0) is 13.8. The molecule has 0 unspecified atom stereocenters. The predicted molar refractivity (Wildman–Crippen MR) is 89.9 cm³/mol. The van der Waals surface area contributed by atoms with Crippen molar-refractivity contribution >= 4 is 24.3 Å². The number of amidine groups is 1. The Labute approximate surface area is 128 Å². The number of rotatable bonds is 2. The number of likely N-dealkylation sites (tertiary alicyclic amines) is 1. The maximum atomic E-state index is 7.66. The SMILES string of the molecule is CC(=N)N1CCC(/C=C/c2c(C)cccc2C)CC1.Cl. The molecule has 20 heavy (non-hydrogen) atoms. The number of hydrogen-bond acceptors (Lipinski definition) is 1. The van der Waals surface area contributed by atoms with Gasteiger partial charge in [0.05, 0.1) is 5.84 Å². The minimum Gasteiger partial charge on any atom is -0.361 e. The van der Waals surface area contributed by atoms with Crippen LogP contribution >= 0.6 is 12.4 Å². The first-order valence-electron chi connectivity index (χ1n) is 7.12. The molecule has 0 amide bonds. The molecular formula is C17H25ClN2. The zero-order valence-electron chi connectivity index (χ0n) is 12.6. The Hall–Kier alpha value is -1.28. The quantitative estimate of drug-likeness (QED) is 0.633. The fourth-order valence-electron chi connectivity index (χ4n) is 2.75. The van der Waals surface area contributed by atoms with Gasteiger partial charge in [-0.25, -0.2) is 0 Å². The lowest BCUT2D eigenvalue weighted by Gasteiger charge is -2.31. The summed E-state index contributed by atoms with van der Waals surface area (Å²) in [6.07, 6.45) is 6.99. The highest BCUT2D eigenvalue weighted by atomic mass is 35.5. The number of piperidine rings is 1. The third-order valence-electron chi connectivity index (χ3n) is 4.09. The topological polar surface area (TPSA) is 27.1 Å². The Morgan fingerprint density at radius 1 is 1.20 bits per heavy atom. The van der Waals surface area contributed by atoms with Crippen molar-refractivity contribution in [3.63, 3.8) is 0 Å². The van der Waals surface area contributed by atoms with Crippen molar-refractivity contribution in [1.29, 1.82) is 5.41 Å². The van der Waals surface area contributed by atoms with Gasteiger partial charge in [0, 0.05) is 13.1 Å². The maximum Gasteiger partial charge on any atom is 0.0925 e. The van der Waals surface area contributed by atoms with Crippen LogP contribution in [-0.2, 0) is 0 Å². The van der Waals surface area contributed by atoms with E-state index in [1.165, 1.54) is 16.7 Å². The van der Waals surface area contributed by atoms with Gasteiger partial charge in [0.25, 0.3) is 0 Å². The van der Waals surface area contributed by atoms with E-state index in [9.17, 15) is 0 Å². The van der Waals surface area contributed by atoms with Gasteiger partial charge in [-0.15, -0.1) is 12.4 Å². The van der Waals surface area contributed by atoms with Crippen LogP contribution in [0.4, 0.5) is 0 Å². The third kappa shape index (κ3) is 4.11. The van der Waals surface area contributed by atoms with Gasteiger partial charge in [-0.1, -0.05) is 30.4 Å². The minimum absolute atomic E-state index is 0. The summed E-state index contributed by atoms with van der Waals surface area (Å²) < 4.78 is 0. The van der Waals surface area contributed by atoms with Crippen LogP contribution in [0.2, 0.25) is 0 Å². The number of allylic oxidation sites excluding steroid dienone is 1. The second-order valence-electron chi connectivity index (χ2n) is 5.57. The van der Waals surface area contributed by atoms with Crippen molar-refractivity contribution in [1.82, 2.24) is 4.90 Å². The first-order valence-corrected chi connectivity index (χ1v) is 7.12. The standard InChI is InChI=1S/C17H24N2.ClH/c1-13-5-4-6-14(2)17(13)8-7-16-9-11-19(12-10-16)15(3)18;/h4-8,16,18H,9-12H2,1-3H3;1H/b8-7+,18-15?;. The molecule has 1 heterocycles. The van der Waals surface area contributed by atoms with Gasteiger partial charge in [-0.2, -0.15) is 0 Å². The van der Waals surface area contributed by atoms with Gasteiger partial charge in [0.2, 0.25) is 0 Å². The van der Waals surface area contributed by atoms with E-state index in [2.05, 4.69) is 49.1 Å². The molecule has 0 spiro atoms. The van der Waals surface area contributed by atoms with Gasteiger partial charge in [0.15, 0.2) is 0 Å². The molecule has 0 atom stereocenters. The summed E-state index contributed by atoms with van der Waals surface area (Å²) >= 11 is 0. The number of benzene rings is 1. The molecule has 2 rings (SSSR count). The lowest BCUT2D eigenvalue weighted by molar-refractivity contribution is 0.296. The molecule has 0 aromatic heterocycles. The minimum atomic E-state index is 0. The molecule has 1 saturated heterocycles. The van der Waals surface area contributed by atoms with Crippen LogP contribution in [0.15, 0.2) is 24.3 Å². The van der Waals surface area contributed by atoms with Crippen molar-refractivity contribution in [2.24, 2.45) is 5.92 Å². The van der Waals surface area contributed by atoms with E-state index in [-0.39, 0.29) is 12.4 Å². The first kappa shape index (κ1) is 16.8. The first-order chi connectivity index (χ1) is 9.08. The molecule has 1 aliphatic heterocycles. The highest BCUT2D eigenvalue weighted by molar-refractivity contribution is 5.85. The number of halogens is 1. The van der Waals surface area contributed by atoms with E-state index in [1.54, 1.807) is 0 Å². The van der Waals surface area contributed by atoms with Crippen molar-refractivity contribution in [2.75, 3.05) is 13.1 Å². The van der Waals surface area contributed by atoms with Gasteiger partial charge in [-0.05, 0) is 56.2 Å². The molecule has 0 radical (unpaired) electrons. The summed E-state index contributed by atoms with van der Waals surface area (Å²) in [7, 11) is 0. The van der Waals surface area contributed by atoms with Crippen LogP contribution in [0.25, 0.3) is 6.08 Å². The Morgan fingerprint density at radius 3 is 2.25 bits per heavy atom. The van der Waals surface area contributed by atoms with E-state index in [0.29, 0.717) is 11.8 Å². The lowest BCUT2D eigenvalue weighted by Crippen LogP contribution is -2.36. The van der Waals surface area contributed by atoms with Crippen molar-refractivity contribution in [2.45, 2.75) is 33.6 Å². The summed E-state index contributed by atoms with van der Waals surface area (Å²) in [6, 6.07) is 6.47. The van der Waals surface area contributed by atoms with Crippen LogP contribution in [-0.4, -0.2) is 23.8 Å². The van der Waals surface area contributed by atoms with Gasteiger partial charge in [-0.3, -0.25) is 5.41 Å². The summed E-state index contributed by atoms with van der Waals surface area (Å²) in [6.45, 7) is 8.28. The van der Waals surface area contributed by atoms with E-state index in [1.807, 2.05) is 6.92 Å². The molecule has 0 saturated carbocycles. The van der Waals surface area contributed by atoms with Gasteiger partial charge < -0.3 is 4.90 Å². The van der Waals surface area contributed by atoms with Crippen LogP contribution < -0.4 is 0 Å². The van der Waals surface area contributed by atoms with Gasteiger partial charge in [0.1, 0.15) is 0 Å². The number of nitrogens with one attached hydrogen (secondary N) is 1. The second-order valence-corrected chi connectivity index (χ2v) is 5.57. The smallest absolute Gasteiger partial charge is 0.0925 e. The summed E-state index contributed by atoms with van der Waals surface area (Å²) in [5.41, 5.74) is 4.07. The normalized spacial score (nSPS) is 16.2. The van der Waals surface area contributed by atoms with Crippen LogP contribution in [0.3, 0.4) is 0 Å². The molecule has 1 aromatic rings. The summed E-state index contributed by atoms with van der Waals surface area (Å²) in [4.78, 5) is 2.17. The molecule has 3 heteroatoms. The second kappa shape index (κ2) is 7.49. The molecule has 1 fully saturated rings. The number of nitrogens with zero attached hydrogens (tertiary/aromatic N) is 1. The maximum absolute atomic E-state index is 7.66. The highest BCUT2D eigenvalue weighted by Crippen LogP contribution is 2.22. The average molecular weight is 293 g/mol. The summed E-state index contributed by atoms with van der Waals surface area (Å²) in [5.74, 6) is 1.37. The monoisotopic (exact) mass is 292 g/mol. The average Bonchev–Trinajstić information content (AvgIpc) is 2.38. The Kier molecular flexibility index (Phi) is 6.28. The third-order valence-corrected chi connectivity index (χ3v) is 4.09. The Bertz CT molecular complexity index is 466. The number of hydrogen-bond donors (Lipinski definition) is 1. The largest absolute Gasteiger partial charge is 0.361 e. The lowest BCUT2D eigenvalue weighted by atomic mass is 9.94. The van der Waals surface area contributed by atoms with Crippen molar-refractivity contribution < 1.29 is 0 Å². The van der Waals surface area contributed by atoms with E-state index in [4.69, 9.17) is 5.41 Å². The van der Waals surface area contributed by atoms with E-state index >= 15 is 0 Å². The van der Waals surface area contributed by atoms with E-state index < -0.39 is 0 Å². The van der Waals surface area contributed by atoms with E-state index in [0.717, 1.165) is 25.9 Å². The van der Waals surface area contributed by atoms with Crippen molar-refractivity contribution in [3.05, 3.63) is 41.0 Å². The molecule has 110 valence electrons. The molecule has 1 N–H and O–H groups in total. The fraction of sp³-hybridized carbons (Fsp3) is 0.471. The molecule has 1 aromatic carbocycles. The predicted octanol–water partition coefficient (Wildman–Crippen LogP) is 4.45. The Morgan fingerprint density at radius 2 is 1.75 bits per heavy atom. The van der Waals surface area contributed by atoms with Crippen molar-refractivity contribution in [3.8, 4) is 0 Å². The summed E-state index contributed by atoms with van der Waals surface area (Å²) in [5, 5.41) is 7.66. The number of aryl methyl sites for hydroxylation is 2. The molecule has 1 aliphatic rings.